The zero-order valence-corrected chi connectivity index (χ0v) is 15.2. The molecule has 1 saturated carbocycles. The lowest BCUT2D eigenvalue weighted by molar-refractivity contribution is -0.143. The van der Waals surface area contributed by atoms with E-state index in [1.807, 2.05) is 4.90 Å². The summed E-state index contributed by atoms with van der Waals surface area (Å²) in [7, 11) is 0. The zero-order chi connectivity index (χ0) is 17.5. The fourth-order valence-electron chi connectivity index (χ4n) is 4.07. The van der Waals surface area contributed by atoms with Crippen molar-refractivity contribution in [2.24, 2.45) is 5.92 Å². The lowest BCUT2D eigenvalue weighted by Gasteiger charge is -2.32. The Morgan fingerprint density at radius 3 is 2.48 bits per heavy atom. The highest BCUT2D eigenvalue weighted by Crippen LogP contribution is 2.22. The summed E-state index contributed by atoms with van der Waals surface area (Å²) in [6, 6.07) is 0. The molecule has 1 atom stereocenters. The Hall–Kier alpha value is -1.14. The monoisotopic (exact) mass is 352 g/mol. The van der Waals surface area contributed by atoms with Crippen LogP contribution in [0.15, 0.2) is 0 Å². The third-order valence-corrected chi connectivity index (χ3v) is 5.66. The second kappa shape index (κ2) is 9.53. The Bertz CT molecular complexity index is 437. The summed E-state index contributed by atoms with van der Waals surface area (Å²) in [5.41, 5.74) is 0. The van der Waals surface area contributed by atoms with Crippen molar-refractivity contribution in [3.63, 3.8) is 0 Å². The predicted octanol–water partition coefficient (Wildman–Crippen LogP) is 1.87. The minimum atomic E-state index is -0.245. The second-order valence-electron chi connectivity index (χ2n) is 7.52. The lowest BCUT2D eigenvalue weighted by atomic mass is 9.95. The van der Waals surface area contributed by atoms with Crippen molar-refractivity contribution in [1.82, 2.24) is 10.2 Å². The van der Waals surface area contributed by atoms with Crippen LogP contribution in [0.3, 0.4) is 0 Å². The fourth-order valence-corrected chi connectivity index (χ4v) is 4.07. The van der Waals surface area contributed by atoms with Crippen molar-refractivity contribution in [3.05, 3.63) is 0 Å². The molecule has 0 spiro atoms. The first kappa shape index (κ1) is 18.6. The van der Waals surface area contributed by atoms with E-state index in [0.29, 0.717) is 32.3 Å². The topological polar surface area (TPSA) is 67.9 Å². The first-order valence-electron chi connectivity index (χ1n) is 10.0. The van der Waals surface area contributed by atoms with Gasteiger partial charge in [-0.05, 0) is 44.9 Å². The van der Waals surface area contributed by atoms with E-state index in [1.165, 1.54) is 25.7 Å². The highest BCUT2D eigenvalue weighted by atomic mass is 16.5. The van der Waals surface area contributed by atoms with Crippen molar-refractivity contribution in [2.75, 3.05) is 32.8 Å². The quantitative estimate of drug-likeness (QED) is 0.710. The summed E-state index contributed by atoms with van der Waals surface area (Å²) in [4.78, 5) is 26.5. The molecule has 3 rings (SSSR count). The average molecular weight is 352 g/mol. The summed E-state index contributed by atoms with van der Waals surface area (Å²) < 4.78 is 11.3. The molecule has 2 aliphatic heterocycles. The van der Waals surface area contributed by atoms with Gasteiger partial charge >= 0.3 is 0 Å². The molecule has 6 heteroatoms. The molecule has 0 aromatic rings. The van der Waals surface area contributed by atoms with Crippen molar-refractivity contribution < 1.29 is 19.1 Å². The van der Waals surface area contributed by atoms with Crippen LogP contribution in [-0.4, -0.2) is 61.8 Å². The van der Waals surface area contributed by atoms with E-state index >= 15 is 0 Å². The smallest absolute Gasteiger partial charge is 0.251 e. The number of amides is 2. The highest BCUT2D eigenvalue weighted by molar-refractivity contribution is 5.82. The fraction of sp³-hybridized carbons (Fsp3) is 0.895. The summed E-state index contributed by atoms with van der Waals surface area (Å²) in [5.74, 6) is 0.273. The third kappa shape index (κ3) is 5.42. The number of rotatable bonds is 7. The maximum atomic E-state index is 12.3. The van der Waals surface area contributed by atoms with Gasteiger partial charge in [-0.2, -0.15) is 0 Å². The van der Waals surface area contributed by atoms with Crippen LogP contribution < -0.4 is 5.32 Å². The minimum absolute atomic E-state index is 0.0318. The molecule has 0 radical (unpaired) electrons. The van der Waals surface area contributed by atoms with E-state index in [0.717, 1.165) is 38.7 Å². The third-order valence-electron chi connectivity index (χ3n) is 5.66. The molecular formula is C19H32N2O4. The number of ether oxygens (including phenoxy) is 2. The highest BCUT2D eigenvalue weighted by Gasteiger charge is 2.32. The number of likely N-dealkylation sites (tertiary alicyclic amines) is 1. The Morgan fingerprint density at radius 1 is 1.04 bits per heavy atom. The molecule has 0 unspecified atom stereocenters. The standard InChI is InChI=1S/C19H32N2O4/c22-18(20-10-4-14-24-16-5-1-2-6-16)15-8-11-21(12-9-15)19(23)17-7-3-13-25-17/h15-17H,1-14H2,(H,20,22)/t17-/m1/s1. The van der Waals surface area contributed by atoms with Crippen molar-refractivity contribution in [2.45, 2.75) is 70.0 Å². The number of nitrogens with one attached hydrogen (secondary N) is 1. The summed E-state index contributed by atoms with van der Waals surface area (Å²) in [6.45, 7) is 3.45. The van der Waals surface area contributed by atoms with Crippen LogP contribution in [0.25, 0.3) is 0 Å². The Balaban J connectivity index is 1.26. The normalized spacial score (nSPS) is 25.4. The van der Waals surface area contributed by atoms with Gasteiger partial charge in [0.05, 0.1) is 6.10 Å². The van der Waals surface area contributed by atoms with Gasteiger partial charge in [0, 0.05) is 38.8 Å². The van der Waals surface area contributed by atoms with E-state index in [1.54, 1.807) is 0 Å². The summed E-state index contributed by atoms with van der Waals surface area (Å²) in [6.07, 6.45) is 9.34. The Labute approximate surface area is 150 Å². The van der Waals surface area contributed by atoms with Crippen LogP contribution in [0.1, 0.15) is 57.8 Å². The molecule has 0 bridgehead atoms. The maximum absolute atomic E-state index is 12.3. The summed E-state index contributed by atoms with van der Waals surface area (Å²) in [5, 5.41) is 3.03. The van der Waals surface area contributed by atoms with E-state index in [4.69, 9.17) is 9.47 Å². The molecule has 2 heterocycles. The molecule has 6 nitrogen and oxygen atoms in total. The van der Waals surface area contributed by atoms with E-state index in [9.17, 15) is 9.59 Å². The Kier molecular flexibility index (Phi) is 7.11. The number of piperidine rings is 1. The van der Waals surface area contributed by atoms with E-state index in [-0.39, 0.29) is 23.8 Å². The molecular weight excluding hydrogens is 320 g/mol. The predicted molar refractivity (Wildman–Crippen MR) is 94.1 cm³/mol. The molecule has 142 valence electrons. The van der Waals surface area contributed by atoms with Crippen molar-refractivity contribution in [3.8, 4) is 0 Å². The summed E-state index contributed by atoms with van der Waals surface area (Å²) >= 11 is 0. The van der Waals surface area contributed by atoms with Gasteiger partial charge in [0.15, 0.2) is 0 Å². The van der Waals surface area contributed by atoms with Gasteiger partial charge in [0.25, 0.3) is 5.91 Å². The number of carbonyl (C=O) groups excluding carboxylic acids is 2. The largest absolute Gasteiger partial charge is 0.378 e. The van der Waals surface area contributed by atoms with Crippen LogP contribution in [0.2, 0.25) is 0 Å². The number of carbonyl (C=O) groups is 2. The van der Waals surface area contributed by atoms with Crippen molar-refractivity contribution >= 4 is 11.8 Å². The molecule has 25 heavy (non-hydrogen) atoms. The molecule has 1 aliphatic carbocycles. The second-order valence-corrected chi connectivity index (χ2v) is 7.52. The first-order chi connectivity index (χ1) is 12.2. The maximum Gasteiger partial charge on any atom is 0.251 e. The molecule has 2 saturated heterocycles. The number of hydrogen-bond acceptors (Lipinski definition) is 4. The van der Waals surface area contributed by atoms with Crippen LogP contribution in [-0.2, 0) is 19.1 Å². The van der Waals surface area contributed by atoms with Crippen LogP contribution in [0, 0.1) is 5.92 Å². The van der Waals surface area contributed by atoms with Crippen LogP contribution in [0.5, 0.6) is 0 Å². The molecule has 3 fully saturated rings. The molecule has 1 N–H and O–H groups in total. The molecule has 0 aromatic heterocycles. The van der Waals surface area contributed by atoms with E-state index < -0.39 is 0 Å². The Morgan fingerprint density at radius 2 is 1.80 bits per heavy atom. The van der Waals surface area contributed by atoms with Gasteiger partial charge in [-0.15, -0.1) is 0 Å². The van der Waals surface area contributed by atoms with Gasteiger partial charge in [-0.3, -0.25) is 9.59 Å². The number of hydrogen-bond donors (Lipinski definition) is 1. The van der Waals surface area contributed by atoms with Gasteiger partial charge in [-0.1, -0.05) is 12.8 Å². The van der Waals surface area contributed by atoms with Gasteiger partial charge in [-0.25, -0.2) is 0 Å². The molecule has 2 amide bonds. The number of nitrogens with zero attached hydrogens (tertiary/aromatic N) is 1. The van der Waals surface area contributed by atoms with Gasteiger partial charge in [0.1, 0.15) is 6.10 Å². The first-order valence-corrected chi connectivity index (χ1v) is 10.0. The molecule has 0 aromatic carbocycles. The van der Waals surface area contributed by atoms with Crippen LogP contribution >= 0.6 is 0 Å². The van der Waals surface area contributed by atoms with Crippen LogP contribution in [0.4, 0.5) is 0 Å². The SMILES string of the molecule is O=C(NCCCOC1CCCC1)C1CCN(C(=O)[C@H]2CCCO2)CC1. The zero-order valence-electron chi connectivity index (χ0n) is 15.2. The van der Waals surface area contributed by atoms with Crippen molar-refractivity contribution in [1.29, 1.82) is 0 Å². The van der Waals surface area contributed by atoms with Gasteiger partial charge in [0.2, 0.25) is 5.91 Å². The van der Waals surface area contributed by atoms with E-state index in [2.05, 4.69) is 5.32 Å². The minimum Gasteiger partial charge on any atom is -0.378 e. The van der Waals surface area contributed by atoms with Gasteiger partial charge < -0.3 is 19.7 Å². The average Bonchev–Trinajstić information content (AvgIpc) is 3.34. The lowest BCUT2D eigenvalue weighted by Crippen LogP contribution is -2.46. The molecule has 3 aliphatic rings.